The Hall–Kier alpha value is -2.24. The summed E-state index contributed by atoms with van der Waals surface area (Å²) in [6.07, 6.45) is 0.569. The maximum Gasteiger partial charge on any atom is 0.325 e. The first-order chi connectivity index (χ1) is 8.93. The lowest BCUT2D eigenvalue weighted by Gasteiger charge is -2.09. The fourth-order valence-corrected chi connectivity index (χ4v) is 1.52. The number of aryl methyl sites for hydroxylation is 1. The molecule has 6 heteroatoms. The number of phenolic OH excluding ortho intramolecular Hbond substituents is 1. The Balaban J connectivity index is 2.50. The molecule has 1 unspecified atom stereocenters. The molecule has 0 radical (unpaired) electrons. The average molecular weight is 267 g/mol. The van der Waals surface area contributed by atoms with Crippen LogP contribution in [0.1, 0.15) is 18.9 Å². The third-order valence-electron chi connectivity index (χ3n) is 2.63. The van der Waals surface area contributed by atoms with Gasteiger partial charge in [0.05, 0.1) is 7.11 Å². The summed E-state index contributed by atoms with van der Waals surface area (Å²) in [6.45, 7) is 1.40. The van der Waals surface area contributed by atoms with Gasteiger partial charge in [-0.1, -0.05) is 6.07 Å². The summed E-state index contributed by atoms with van der Waals surface area (Å²) in [7, 11) is 1.45. The SMILES string of the molecule is COc1ccc(CCC(=O)NC(C)C(=O)O)cc1O. The molecule has 1 aromatic carbocycles. The van der Waals surface area contributed by atoms with Crippen LogP contribution in [0.5, 0.6) is 11.5 Å². The molecule has 1 amide bonds. The van der Waals surface area contributed by atoms with Crippen molar-refractivity contribution in [2.45, 2.75) is 25.8 Å². The lowest BCUT2D eigenvalue weighted by atomic mass is 10.1. The lowest BCUT2D eigenvalue weighted by Crippen LogP contribution is -2.38. The Morgan fingerprint density at radius 3 is 2.63 bits per heavy atom. The van der Waals surface area contributed by atoms with Crippen LogP contribution in [0.2, 0.25) is 0 Å². The maximum atomic E-state index is 11.5. The number of carboxylic acids is 1. The van der Waals surface area contributed by atoms with Crippen molar-refractivity contribution in [2.24, 2.45) is 0 Å². The molecule has 19 heavy (non-hydrogen) atoms. The summed E-state index contributed by atoms with van der Waals surface area (Å²) in [5.74, 6) is -1.03. The lowest BCUT2D eigenvalue weighted by molar-refractivity contribution is -0.141. The van der Waals surface area contributed by atoms with Crippen LogP contribution >= 0.6 is 0 Å². The minimum absolute atomic E-state index is 0.0133. The van der Waals surface area contributed by atoms with E-state index in [-0.39, 0.29) is 18.1 Å². The predicted molar refractivity (Wildman–Crippen MR) is 68.2 cm³/mol. The van der Waals surface area contributed by atoms with Crippen LogP contribution in [-0.2, 0) is 16.0 Å². The number of benzene rings is 1. The molecule has 0 spiro atoms. The first-order valence-corrected chi connectivity index (χ1v) is 5.82. The van der Waals surface area contributed by atoms with Crippen LogP contribution in [0.15, 0.2) is 18.2 Å². The second-order valence-electron chi connectivity index (χ2n) is 4.13. The van der Waals surface area contributed by atoms with Gasteiger partial charge in [0.2, 0.25) is 5.91 Å². The van der Waals surface area contributed by atoms with E-state index in [0.29, 0.717) is 12.2 Å². The predicted octanol–water partition coefficient (Wildman–Crippen LogP) is 0.923. The van der Waals surface area contributed by atoms with E-state index in [9.17, 15) is 14.7 Å². The second kappa shape index (κ2) is 6.63. The molecule has 0 fully saturated rings. The minimum atomic E-state index is -1.07. The fraction of sp³-hybridized carbons (Fsp3) is 0.385. The first-order valence-electron chi connectivity index (χ1n) is 5.82. The molecule has 1 aromatic rings. The Labute approximate surface area is 111 Å². The molecule has 104 valence electrons. The summed E-state index contributed by atoms with van der Waals surface area (Å²) in [5.41, 5.74) is 0.774. The van der Waals surface area contributed by atoms with Crippen molar-refractivity contribution in [3.8, 4) is 11.5 Å². The highest BCUT2D eigenvalue weighted by atomic mass is 16.5. The summed E-state index contributed by atoms with van der Waals surface area (Å²) in [6, 6.07) is 3.97. The van der Waals surface area contributed by atoms with Crippen molar-refractivity contribution >= 4 is 11.9 Å². The fourth-order valence-electron chi connectivity index (χ4n) is 1.52. The standard InChI is InChI=1S/C13H17NO5/c1-8(13(17)18)14-12(16)6-4-9-3-5-11(19-2)10(15)7-9/h3,5,7-8,15H,4,6H2,1-2H3,(H,14,16)(H,17,18). The van der Waals surface area contributed by atoms with Gasteiger partial charge in [-0.05, 0) is 31.0 Å². The van der Waals surface area contributed by atoms with Gasteiger partial charge in [-0.3, -0.25) is 9.59 Å². The van der Waals surface area contributed by atoms with Crippen molar-refractivity contribution in [2.75, 3.05) is 7.11 Å². The number of ether oxygens (including phenoxy) is 1. The van der Waals surface area contributed by atoms with E-state index in [4.69, 9.17) is 9.84 Å². The molecule has 1 rings (SSSR count). The number of aromatic hydroxyl groups is 1. The van der Waals surface area contributed by atoms with Crippen LogP contribution in [0, 0.1) is 0 Å². The number of carbonyl (C=O) groups excluding carboxylic acids is 1. The van der Waals surface area contributed by atoms with Gasteiger partial charge in [-0.2, -0.15) is 0 Å². The van der Waals surface area contributed by atoms with Gasteiger partial charge >= 0.3 is 5.97 Å². The van der Waals surface area contributed by atoms with Gasteiger partial charge in [0.15, 0.2) is 11.5 Å². The minimum Gasteiger partial charge on any atom is -0.504 e. The number of phenols is 1. The van der Waals surface area contributed by atoms with Crippen molar-refractivity contribution in [1.29, 1.82) is 0 Å². The normalized spacial score (nSPS) is 11.7. The van der Waals surface area contributed by atoms with Gasteiger partial charge in [-0.25, -0.2) is 0 Å². The number of hydrogen-bond donors (Lipinski definition) is 3. The maximum absolute atomic E-state index is 11.5. The zero-order valence-electron chi connectivity index (χ0n) is 10.8. The van der Waals surface area contributed by atoms with Crippen LogP contribution in [-0.4, -0.2) is 35.2 Å². The summed E-state index contributed by atoms with van der Waals surface area (Å²) < 4.78 is 4.91. The topological polar surface area (TPSA) is 95.9 Å². The highest BCUT2D eigenvalue weighted by Gasteiger charge is 2.13. The molecule has 0 saturated heterocycles. The molecule has 0 bridgehead atoms. The first kappa shape index (κ1) is 14.8. The zero-order chi connectivity index (χ0) is 14.4. The van der Waals surface area contributed by atoms with E-state index >= 15 is 0 Å². The van der Waals surface area contributed by atoms with Gasteiger partial charge < -0.3 is 20.3 Å². The molecule has 6 nitrogen and oxygen atoms in total. The number of hydrogen-bond acceptors (Lipinski definition) is 4. The second-order valence-corrected chi connectivity index (χ2v) is 4.13. The van der Waals surface area contributed by atoms with E-state index in [1.54, 1.807) is 12.1 Å². The molecule has 0 aromatic heterocycles. The van der Waals surface area contributed by atoms with Gasteiger partial charge in [0.25, 0.3) is 0 Å². The molecule has 0 saturated carbocycles. The van der Waals surface area contributed by atoms with E-state index in [1.807, 2.05) is 0 Å². The van der Waals surface area contributed by atoms with Crippen LogP contribution in [0.4, 0.5) is 0 Å². The molecule has 3 N–H and O–H groups in total. The highest BCUT2D eigenvalue weighted by molar-refractivity contribution is 5.83. The largest absolute Gasteiger partial charge is 0.504 e. The van der Waals surface area contributed by atoms with Crippen molar-refractivity contribution < 1.29 is 24.5 Å². The van der Waals surface area contributed by atoms with E-state index < -0.39 is 12.0 Å². The molecule has 1 atom stereocenters. The number of rotatable bonds is 6. The number of methoxy groups -OCH3 is 1. The summed E-state index contributed by atoms with van der Waals surface area (Å²) in [5, 5.41) is 20.6. The third kappa shape index (κ3) is 4.50. The smallest absolute Gasteiger partial charge is 0.325 e. The van der Waals surface area contributed by atoms with Crippen molar-refractivity contribution in [3.63, 3.8) is 0 Å². The molecule has 0 aliphatic carbocycles. The van der Waals surface area contributed by atoms with E-state index in [1.165, 1.54) is 20.1 Å². The third-order valence-corrected chi connectivity index (χ3v) is 2.63. The Kier molecular flexibility index (Phi) is 5.17. The molecular formula is C13H17NO5. The molecule has 0 aliphatic heterocycles. The van der Waals surface area contributed by atoms with Crippen LogP contribution in [0.25, 0.3) is 0 Å². The number of carboxylic acid groups (broad SMARTS) is 1. The number of carbonyl (C=O) groups is 2. The highest BCUT2D eigenvalue weighted by Crippen LogP contribution is 2.26. The Morgan fingerprint density at radius 2 is 2.11 bits per heavy atom. The quantitative estimate of drug-likeness (QED) is 0.712. The van der Waals surface area contributed by atoms with E-state index in [2.05, 4.69) is 5.32 Å². The van der Waals surface area contributed by atoms with Crippen molar-refractivity contribution in [1.82, 2.24) is 5.32 Å². The average Bonchev–Trinajstić information content (AvgIpc) is 2.36. The molecular weight excluding hydrogens is 250 g/mol. The molecule has 0 aliphatic rings. The van der Waals surface area contributed by atoms with Crippen LogP contribution in [0.3, 0.4) is 0 Å². The van der Waals surface area contributed by atoms with E-state index in [0.717, 1.165) is 5.56 Å². The number of aliphatic carboxylic acids is 1. The van der Waals surface area contributed by atoms with Gasteiger partial charge in [0.1, 0.15) is 6.04 Å². The van der Waals surface area contributed by atoms with Gasteiger partial charge in [-0.15, -0.1) is 0 Å². The summed E-state index contributed by atoms with van der Waals surface area (Å²) >= 11 is 0. The number of nitrogens with one attached hydrogen (secondary N) is 1. The molecule has 0 heterocycles. The summed E-state index contributed by atoms with van der Waals surface area (Å²) in [4.78, 5) is 22.0. The Bertz CT molecular complexity index is 472. The number of amides is 1. The monoisotopic (exact) mass is 267 g/mol. The zero-order valence-corrected chi connectivity index (χ0v) is 10.8. The van der Waals surface area contributed by atoms with Crippen molar-refractivity contribution in [3.05, 3.63) is 23.8 Å². The Morgan fingerprint density at radius 1 is 1.42 bits per heavy atom. The van der Waals surface area contributed by atoms with Crippen LogP contribution < -0.4 is 10.1 Å². The van der Waals surface area contributed by atoms with Gasteiger partial charge in [0, 0.05) is 6.42 Å².